The van der Waals surface area contributed by atoms with E-state index in [1.807, 2.05) is 0 Å². The number of nitrogens with zero attached hydrogens (tertiary/aromatic N) is 1. The lowest BCUT2D eigenvalue weighted by Gasteiger charge is -2.20. The highest BCUT2D eigenvalue weighted by Gasteiger charge is 2.10. The zero-order valence-corrected chi connectivity index (χ0v) is 15.9. The average Bonchev–Trinajstić information content (AvgIpc) is 2.57. The van der Waals surface area contributed by atoms with E-state index in [1.54, 1.807) is 4.90 Å². The van der Waals surface area contributed by atoms with E-state index in [0.717, 1.165) is 19.3 Å². The second-order valence-corrected chi connectivity index (χ2v) is 6.34. The molecule has 0 fully saturated rings. The van der Waals surface area contributed by atoms with Gasteiger partial charge in [0.05, 0.1) is 13.2 Å². The maximum atomic E-state index is 11.8. The highest BCUT2D eigenvalue weighted by Crippen LogP contribution is 2.08. The summed E-state index contributed by atoms with van der Waals surface area (Å²) in [6.45, 7) is 2.77. The number of nitrogens with one attached hydrogen (secondary N) is 1. The lowest BCUT2D eigenvalue weighted by Crippen LogP contribution is -2.39. The van der Waals surface area contributed by atoms with Crippen molar-refractivity contribution in [2.45, 2.75) is 58.3 Å². The van der Waals surface area contributed by atoms with Crippen molar-refractivity contribution in [1.29, 1.82) is 0 Å². The second kappa shape index (κ2) is 16.8. The van der Waals surface area contributed by atoms with Gasteiger partial charge in [-0.2, -0.15) is 0 Å². The Morgan fingerprint density at radius 3 is 2.19 bits per heavy atom. The average molecular weight is 374 g/mol. The first-order valence-electron chi connectivity index (χ1n) is 9.46. The van der Waals surface area contributed by atoms with Crippen LogP contribution in [0, 0.1) is 0 Å². The minimum Gasteiger partial charge on any atom is -0.480 e. The van der Waals surface area contributed by atoms with E-state index in [1.165, 1.54) is 25.7 Å². The molecule has 0 radical (unpaired) electrons. The lowest BCUT2D eigenvalue weighted by molar-refractivity contribution is -0.143. The molecule has 0 aromatic heterocycles. The Morgan fingerprint density at radius 2 is 1.58 bits per heavy atom. The summed E-state index contributed by atoms with van der Waals surface area (Å²) in [6, 6.07) is 0. The van der Waals surface area contributed by atoms with E-state index in [9.17, 15) is 14.4 Å². The number of hydrogen-bond donors (Lipinski definition) is 3. The Kier molecular flexibility index (Phi) is 15.7. The van der Waals surface area contributed by atoms with Crippen LogP contribution in [0.15, 0.2) is 0 Å². The van der Waals surface area contributed by atoms with E-state index < -0.39 is 18.5 Å². The maximum Gasteiger partial charge on any atom is 0.329 e. The number of unbranched alkanes of at least 4 members (excludes halogenated alkanes) is 6. The summed E-state index contributed by atoms with van der Waals surface area (Å²) in [6.07, 6.45) is 8.58. The monoisotopic (exact) mass is 374 g/mol. The molecule has 0 aliphatic carbocycles. The van der Waals surface area contributed by atoms with Crippen LogP contribution in [0.1, 0.15) is 58.3 Å². The van der Waals surface area contributed by atoms with Crippen LogP contribution in [0.5, 0.6) is 0 Å². The molecule has 8 heteroatoms. The van der Waals surface area contributed by atoms with Crippen LogP contribution in [-0.4, -0.2) is 72.4 Å². The highest BCUT2D eigenvalue weighted by atomic mass is 16.5. The largest absolute Gasteiger partial charge is 0.480 e. The summed E-state index contributed by atoms with van der Waals surface area (Å²) in [5, 5.41) is 20.2. The van der Waals surface area contributed by atoms with Crippen LogP contribution in [0.4, 0.5) is 0 Å². The predicted molar refractivity (Wildman–Crippen MR) is 98.2 cm³/mol. The summed E-state index contributed by atoms with van der Waals surface area (Å²) < 4.78 is 4.91. The zero-order valence-electron chi connectivity index (χ0n) is 15.9. The number of carbonyl (C=O) groups excluding carboxylic acids is 1. The molecular weight excluding hydrogens is 340 g/mol. The van der Waals surface area contributed by atoms with Crippen LogP contribution >= 0.6 is 0 Å². The maximum absolute atomic E-state index is 11.8. The predicted octanol–water partition coefficient (Wildman–Crippen LogP) is 1.73. The molecule has 8 nitrogen and oxygen atoms in total. The van der Waals surface area contributed by atoms with Crippen LogP contribution < -0.4 is 5.32 Å². The highest BCUT2D eigenvalue weighted by molar-refractivity contribution is 5.75. The molecule has 0 aromatic carbocycles. The van der Waals surface area contributed by atoms with Gasteiger partial charge in [-0.15, -0.1) is 0 Å². The molecule has 0 unspecified atom stereocenters. The molecule has 0 atom stereocenters. The minimum absolute atomic E-state index is 0.0176. The SMILES string of the molecule is CCCCCCCCCC(=O)NCCN(CCOCC(=O)O)CC(=O)O. The van der Waals surface area contributed by atoms with E-state index in [0.29, 0.717) is 26.1 Å². The van der Waals surface area contributed by atoms with Gasteiger partial charge < -0.3 is 20.3 Å². The van der Waals surface area contributed by atoms with E-state index in [4.69, 9.17) is 14.9 Å². The van der Waals surface area contributed by atoms with Gasteiger partial charge in [-0.25, -0.2) is 4.79 Å². The molecule has 0 rings (SSSR count). The first-order valence-corrected chi connectivity index (χ1v) is 9.46. The molecule has 0 saturated heterocycles. The lowest BCUT2D eigenvalue weighted by atomic mass is 10.1. The van der Waals surface area contributed by atoms with Gasteiger partial charge in [0.25, 0.3) is 0 Å². The molecule has 0 bridgehead atoms. The fraction of sp³-hybridized carbons (Fsp3) is 0.833. The number of amides is 1. The molecule has 0 heterocycles. The third-order valence-corrected chi connectivity index (χ3v) is 3.89. The molecule has 0 aliphatic rings. The Labute approximate surface area is 155 Å². The molecule has 0 spiro atoms. The van der Waals surface area contributed by atoms with E-state index >= 15 is 0 Å². The number of aliphatic carboxylic acids is 2. The van der Waals surface area contributed by atoms with Crippen LogP contribution in [-0.2, 0) is 19.1 Å². The number of carboxylic acids is 2. The third kappa shape index (κ3) is 17.2. The number of carbonyl (C=O) groups is 3. The first-order chi connectivity index (χ1) is 12.5. The second-order valence-electron chi connectivity index (χ2n) is 6.34. The Hall–Kier alpha value is -1.67. The van der Waals surface area contributed by atoms with Gasteiger partial charge in [-0.05, 0) is 6.42 Å². The van der Waals surface area contributed by atoms with Crippen molar-refractivity contribution in [2.24, 2.45) is 0 Å². The molecule has 0 saturated carbocycles. The van der Waals surface area contributed by atoms with Crippen molar-refractivity contribution in [3.63, 3.8) is 0 Å². The Balaban J connectivity index is 3.78. The molecule has 3 N–H and O–H groups in total. The van der Waals surface area contributed by atoms with Gasteiger partial charge in [0.1, 0.15) is 6.61 Å². The summed E-state index contributed by atoms with van der Waals surface area (Å²) in [5.41, 5.74) is 0. The van der Waals surface area contributed by atoms with Crippen LogP contribution in [0.25, 0.3) is 0 Å². The smallest absolute Gasteiger partial charge is 0.329 e. The van der Waals surface area contributed by atoms with Crippen molar-refractivity contribution >= 4 is 17.8 Å². The third-order valence-electron chi connectivity index (χ3n) is 3.89. The topological polar surface area (TPSA) is 116 Å². The number of carboxylic acid groups (broad SMARTS) is 2. The first kappa shape index (κ1) is 24.3. The van der Waals surface area contributed by atoms with Crippen molar-refractivity contribution in [2.75, 3.05) is 39.4 Å². The van der Waals surface area contributed by atoms with Gasteiger partial charge in [-0.1, -0.05) is 45.4 Å². The van der Waals surface area contributed by atoms with Gasteiger partial charge >= 0.3 is 11.9 Å². The van der Waals surface area contributed by atoms with Gasteiger partial charge in [-0.3, -0.25) is 14.5 Å². The summed E-state index contributed by atoms with van der Waals surface area (Å²) in [4.78, 5) is 34.6. The molecule has 0 aliphatic heterocycles. The molecule has 0 aromatic rings. The number of hydrogen-bond acceptors (Lipinski definition) is 5. The van der Waals surface area contributed by atoms with E-state index in [2.05, 4.69) is 12.2 Å². The molecule has 1 amide bonds. The quantitative estimate of drug-likeness (QED) is 0.313. The van der Waals surface area contributed by atoms with Crippen molar-refractivity contribution in [3.8, 4) is 0 Å². The normalized spacial score (nSPS) is 10.8. The molecule has 26 heavy (non-hydrogen) atoms. The van der Waals surface area contributed by atoms with Crippen molar-refractivity contribution in [1.82, 2.24) is 10.2 Å². The van der Waals surface area contributed by atoms with Crippen LogP contribution in [0.3, 0.4) is 0 Å². The van der Waals surface area contributed by atoms with Crippen molar-refractivity contribution in [3.05, 3.63) is 0 Å². The Bertz CT molecular complexity index is 403. The standard InChI is InChI=1S/C18H34N2O6/c1-2-3-4-5-6-7-8-9-16(21)19-10-11-20(14-17(22)23)12-13-26-15-18(24)25/h2-15H2,1H3,(H,19,21)(H,22,23)(H,24,25). The summed E-state index contributed by atoms with van der Waals surface area (Å²) in [7, 11) is 0. The molecular formula is C18H34N2O6. The van der Waals surface area contributed by atoms with Gasteiger partial charge in [0.15, 0.2) is 0 Å². The summed E-state index contributed by atoms with van der Waals surface area (Å²) in [5.74, 6) is -2.05. The van der Waals surface area contributed by atoms with Crippen molar-refractivity contribution < 1.29 is 29.3 Å². The van der Waals surface area contributed by atoms with Gasteiger partial charge in [0, 0.05) is 26.1 Å². The minimum atomic E-state index is -1.06. The van der Waals surface area contributed by atoms with E-state index in [-0.39, 0.29) is 19.1 Å². The van der Waals surface area contributed by atoms with Gasteiger partial charge in [0.2, 0.25) is 5.91 Å². The number of rotatable bonds is 18. The van der Waals surface area contributed by atoms with Crippen LogP contribution in [0.2, 0.25) is 0 Å². The fourth-order valence-corrected chi connectivity index (χ4v) is 2.50. The molecule has 152 valence electrons. The fourth-order valence-electron chi connectivity index (χ4n) is 2.50. The summed E-state index contributed by atoms with van der Waals surface area (Å²) >= 11 is 0. The number of ether oxygens (including phenoxy) is 1. The Morgan fingerprint density at radius 1 is 0.923 bits per heavy atom. The zero-order chi connectivity index (χ0) is 19.6.